The van der Waals surface area contributed by atoms with Gasteiger partial charge in [-0.25, -0.2) is 4.79 Å². The van der Waals surface area contributed by atoms with Gasteiger partial charge in [0.1, 0.15) is 0 Å². The third-order valence-electron chi connectivity index (χ3n) is 2.18. The van der Waals surface area contributed by atoms with Crippen molar-refractivity contribution in [1.29, 1.82) is 0 Å². The maximum atomic E-state index is 11.2. The monoisotopic (exact) mass is 279 g/mol. The number of ether oxygens (including phenoxy) is 1. The van der Waals surface area contributed by atoms with Gasteiger partial charge in [-0.2, -0.15) is 24.3 Å². The van der Waals surface area contributed by atoms with E-state index in [0.29, 0.717) is 13.1 Å². The summed E-state index contributed by atoms with van der Waals surface area (Å²) < 4.78 is 4.64. The van der Waals surface area contributed by atoms with E-state index in [4.69, 9.17) is 0 Å². The Hall–Kier alpha value is -0.887. The molecule has 4 heteroatoms. The van der Waals surface area contributed by atoms with Crippen LogP contribution in [-0.2, 0) is 37.3 Å². The van der Waals surface area contributed by atoms with Gasteiger partial charge in [-0.3, -0.25) is 0 Å². The first kappa shape index (κ1) is 11.2. The van der Waals surface area contributed by atoms with Gasteiger partial charge >= 0.3 is 6.09 Å². The molecular formula is C10H10NO2Rh-. The molecule has 1 aromatic rings. The largest absolute Gasteiger partial charge is 0.453 e. The van der Waals surface area contributed by atoms with Crippen molar-refractivity contribution in [2.24, 2.45) is 0 Å². The minimum absolute atomic E-state index is 0. The minimum atomic E-state index is -0.274. The first-order valence-electron chi connectivity index (χ1n) is 4.12. The van der Waals surface area contributed by atoms with Crippen molar-refractivity contribution < 1.29 is 29.0 Å². The Balaban J connectivity index is 0.000000980. The van der Waals surface area contributed by atoms with Crippen molar-refractivity contribution in [3.63, 3.8) is 0 Å². The summed E-state index contributed by atoms with van der Waals surface area (Å²) in [5.74, 6) is 0. The molecule has 1 aliphatic rings. The standard InChI is InChI=1S/C10H10NO2.Rh/c1-13-10(12)11-6-8-4-2-3-5-9(8)7-11;/h2-4H,6-7H2,1H3;/q-1;. The molecule has 0 unspecified atom stereocenters. The zero-order valence-electron chi connectivity index (χ0n) is 7.74. The number of fused-ring (bicyclic) bond motifs is 1. The van der Waals surface area contributed by atoms with Crippen molar-refractivity contribution in [3.05, 3.63) is 35.4 Å². The molecular weight excluding hydrogens is 269 g/mol. The molecule has 0 atom stereocenters. The molecule has 1 aromatic carbocycles. The van der Waals surface area contributed by atoms with Crippen molar-refractivity contribution in [3.8, 4) is 0 Å². The van der Waals surface area contributed by atoms with Crippen LogP contribution in [0.3, 0.4) is 0 Å². The van der Waals surface area contributed by atoms with Crippen LogP contribution in [0.1, 0.15) is 11.1 Å². The first-order valence-corrected chi connectivity index (χ1v) is 4.12. The molecule has 0 saturated heterocycles. The zero-order valence-corrected chi connectivity index (χ0v) is 9.38. The summed E-state index contributed by atoms with van der Waals surface area (Å²) in [5, 5.41) is 0. The number of rotatable bonds is 0. The molecule has 1 amide bonds. The number of nitrogens with zero attached hydrogens (tertiary/aromatic N) is 1. The van der Waals surface area contributed by atoms with E-state index in [-0.39, 0.29) is 25.6 Å². The maximum absolute atomic E-state index is 11.2. The van der Waals surface area contributed by atoms with Crippen molar-refractivity contribution in [2.75, 3.05) is 7.11 Å². The number of carbonyl (C=O) groups excluding carboxylic acids is 1. The van der Waals surface area contributed by atoms with Crippen molar-refractivity contribution in [2.45, 2.75) is 13.1 Å². The fourth-order valence-electron chi connectivity index (χ4n) is 1.51. The van der Waals surface area contributed by atoms with Crippen LogP contribution in [0.15, 0.2) is 18.2 Å². The van der Waals surface area contributed by atoms with E-state index in [0.717, 1.165) is 11.1 Å². The Kier molecular flexibility index (Phi) is 3.64. The van der Waals surface area contributed by atoms with Crippen molar-refractivity contribution in [1.82, 2.24) is 4.90 Å². The molecule has 1 heterocycles. The Bertz CT molecular complexity index is 316. The van der Waals surface area contributed by atoms with Gasteiger partial charge in [0.15, 0.2) is 0 Å². The summed E-state index contributed by atoms with van der Waals surface area (Å²) in [7, 11) is 1.40. The van der Waals surface area contributed by atoms with Gasteiger partial charge < -0.3 is 9.64 Å². The van der Waals surface area contributed by atoms with E-state index in [1.807, 2.05) is 18.2 Å². The Labute approximate surface area is 95.8 Å². The van der Waals surface area contributed by atoms with Gasteiger partial charge in [0.25, 0.3) is 0 Å². The second kappa shape index (κ2) is 4.56. The summed E-state index contributed by atoms with van der Waals surface area (Å²) >= 11 is 0. The van der Waals surface area contributed by atoms with E-state index in [1.54, 1.807) is 4.90 Å². The second-order valence-corrected chi connectivity index (χ2v) is 3.00. The predicted octanol–water partition coefficient (Wildman–Crippen LogP) is 1.57. The number of hydrogen-bond donors (Lipinski definition) is 0. The van der Waals surface area contributed by atoms with Crippen LogP contribution in [-0.4, -0.2) is 18.1 Å². The van der Waals surface area contributed by atoms with Gasteiger partial charge in [0.05, 0.1) is 7.11 Å². The number of carbonyl (C=O) groups is 1. The Morgan fingerprint density at radius 1 is 1.57 bits per heavy atom. The Morgan fingerprint density at radius 2 is 2.36 bits per heavy atom. The molecule has 0 N–H and O–H groups in total. The molecule has 2 rings (SSSR count). The van der Waals surface area contributed by atoms with E-state index in [2.05, 4.69) is 10.8 Å². The van der Waals surface area contributed by atoms with Crippen LogP contribution in [0.2, 0.25) is 0 Å². The molecule has 77 valence electrons. The van der Waals surface area contributed by atoms with Crippen LogP contribution in [0.4, 0.5) is 4.79 Å². The summed E-state index contributed by atoms with van der Waals surface area (Å²) in [5.41, 5.74) is 2.25. The SMILES string of the molecule is COC(=O)N1Cc2[c-]cccc2C1.[Rh]. The first-order chi connectivity index (χ1) is 6.31. The van der Waals surface area contributed by atoms with Crippen LogP contribution in [0.25, 0.3) is 0 Å². The summed E-state index contributed by atoms with van der Waals surface area (Å²) in [6.45, 7) is 1.25. The third-order valence-corrected chi connectivity index (χ3v) is 2.18. The van der Waals surface area contributed by atoms with E-state index >= 15 is 0 Å². The van der Waals surface area contributed by atoms with Crippen LogP contribution in [0.5, 0.6) is 0 Å². The van der Waals surface area contributed by atoms with E-state index in [1.165, 1.54) is 7.11 Å². The zero-order chi connectivity index (χ0) is 9.26. The molecule has 0 fully saturated rings. The minimum Gasteiger partial charge on any atom is -0.453 e. The average molecular weight is 279 g/mol. The summed E-state index contributed by atoms with van der Waals surface area (Å²) in [4.78, 5) is 12.8. The molecule has 0 saturated carbocycles. The average Bonchev–Trinajstić information content (AvgIpc) is 2.59. The molecule has 0 aliphatic carbocycles. The van der Waals surface area contributed by atoms with Gasteiger partial charge in [0.2, 0.25) is 0 Å². The van der Waals surface area contributed by atoms with Gasteiger partial charge in [-0.15, -0.1) is 11.1 Å². The van der Waals surface area contributed by atoms with Crippen molar-refractivity contribution >= 4 is 6.09 Å². The smallest absolute Gasteiger partial charge is 0.409 e. The number of benzene rings is 1. The summed E-state index contributed by atoms with van der Waals surface area (Å²) in [6.07, 6.45) is -0.274. The van der Waals surface area contributed by atoms with Gasteiger partial charge in [-0.05, 0) is 0 Å². The van der Waals surface area contributed by atoms with Gasteiger partial charge in [-0.1, -0.05) is 0 Å². The predicted molar refractivity (Wildman–Crippen MR) is 46.9 cm³/mol. The third kappa shape index (κ3) is 1.95. The van der Waals surface area contributed by atoms with Crippen LogP contribution in [0, 0.1) is 6.07 Å². The summed E-state index contributed by atoms with van der Waals surface area (Å²) in [6, 6.07) is 8.91. The quantitative estimate of drug-likeness (QED) is 0.533. The molecule has 0 bridgehead atoms. The topological polar surface area (TPSA) is 29.5 Å². The fourth-order valence-corrected chi connectivity index (χ4v) is 1.51. The van der Waals surface area contributed by atoms with E-state index < -0.39 is 0 Å². The molecule has 14 heavy (non-hydrogen) atoms. The van der Waals surface area contributed by atoms with Crippen LogP contribution >= 0.6 is 0 Å². The normalized spacial score (nSPS) is 13.1. The molecule has 3 nitrogen and oxygen atoms in total. The molecule has 1 aliphatic heterocycles. The number of hydrogen-bond acceptors (Lipinski definition) is 2. The van der Waals surface area contributed by atoms with Gasteiger partial charge in [0, 0.05) is 32.6 Å². The Morgan fingerprint density at radius 3 is 3.00 bits per heavy atom. The van der Waals surface area contributed by atoms with E-state index in [9.17, 15) is 4.79 Å². The maximum Gasteiger partial charge on any atom is 0.409 e. The fraction of sp³-hybridized carbons (Fsp3) is 0.300. The number of amides is 1. The molecule has 1 radical (unpaired) electrons. The second-order valence-electron chi connectivity index (χ2n) is 3.00. The molecule has 0 aromatic heterocycles. The number of methoxy groups -OCH3 is 1. The molecule has 0 spiro atoms. The van der Waals surface area contributed by atoms with Crippen LogP contribution < -0.4 is 0 Å².